The van der Waals surface area contributed by atoms with E-state index in [0.29, 0.717) is 24.7 Å². The standard InChI is InChI=1S/C12H14O6S/c1-16-12(13)8-19(14,15)9-3-4-10-11(7-9)18-6-2-5-17-10/h3-4,7H,2,5-6,8H2,1H3. The average Bonchev–Trinajstić information content (AvgIpc) is 2.62. The minimum atomic E-state index is -3.73. The highest BCUT2D eigenvalue weighted by molar-refractivity contribution is 7.92. The number of sulfone groups is 1. The van der Waals surface area contributed by atoms with Crippen LogP contribution in [-0.2, 0) is 19.4 Å². The highest BCUT2D eigenvalue weighted by Crippen LogP contribution is 2.32. The van der Waals surface area contributed by atoms with E-state index in [-0.39, 0.29) is 4.90 Å². The van der Waals surface area contributed by atoms with Crippen LogP contribution in [0.1, 0.15) is 6.42 Å². The van der Waals surface area contributed by atoms with Crippen LogP contribution in [0.2, 0.25) is 0 Å². The summed E-state index contributed by atoms with van der Waals surface area (Å²) in [5.41, 5.74) is 0. The molecule has 19 heavy (non-hydrogen) atoms. The van der Waals surface area contributed by atoms with Crippen molar-refractivity contribution >= 4 is 15.8 Å². The summed E-state index contributed by atoms with van der Waals surface area (Å²) in [4.78, 5) is 11.1. The molecule has 0 saturated heterocycles. The zero-order chi connectivity index (χ0) is 13.9. The summed E-state index contributed by atoms with van der Waals surface area (Å²) >= 11 is 0. The second-order valence-corrected chi connectivity index (χ2v) is 5.98. The molecule has 0 atom stereocenters. The van der Waals surface area contributed by atoms with Crippen LogP contribution < -0.4 is 9.47 Å². The lowest BCUT2D eigenvalue weighted by atomic mass is 10.3. The van der Waals surface area contributed by atoms with Gasteiger partial charge in [0.05, 0.1) is 25.2 Å². The van der Waals surface area contributed by atoms with Crippen LogP contribution in [0.15, 0.2) is 23.1 Å². The first-order chi connectivity index (χ1) is 9.03. The number of carbonyl (C=O) groups is 1. The van der Waals surface area contributed by atoms with E-state index in [2.05, 4.69) is 4.74 Å². The Hall–Kier alpha value is -1.76. The lowest BCUT2D eigenvalue weighted by Crippen LogP contribution is -2.17. The third kappa shape index (κ3) is 3.17. The van der Waals surface area contributed by atoms with Crippen molar-refractivity contribution in [1.29, 1.82) is 0 Å². The molecule has 104 valence electrons. The molecule has 2 rings (SSSR count). The molecular formula is C12H14O6S. The summed E-state index contributed by atoms with van der Waals surface area (Å²) < 4.78 is 39.1. The SMILES string of the molecule is COC(=O)CS(=O)(=O)c1ccc2c(c1)OCCCO2. The summed E-state index contributed by atoms with van der Waals surface area (Å²) in [5, 5.41) is 0. The molecule has 0 N–H and O–H groups in total. The molecule has 0 saturated carbocycles. The normalized spacial score (nSPS) is 14.6. The van der Waals surface area contributed by atoms with E-state index in [1.165, 1.54) is 18.2 Å². The van der Waals surface area contributed by atoms with Gasteiger partial charge in [0.2, 0.25) is 0 Å². The molecule has 0 fully saturated rings. The molecule has 1 heterocycles. The molecule has 0 aromatic heterocycles. The Morgan fingerprint density at radius 3 is 2.63 bits per heavy atom. The van der Waals surface area contributed by atoms with Crippen molar-refractivity contribution in [2.75, 3.05) is 26.1 Å². The Kier molecular flexibility index (Phi) is 3.94. The average molecular weight is 286 g/mol. The molecule has 1 aliphatic rings. The molecule has 1 aromatic carbocycles. The van der Waals surface area contributed by atoms with Crippen LogP contribution in [-0.4, -0.2) is 40.5 Å². The molecule has 1 aromatic rings. The van der Waals surface area contributed by atoms with Crippen molar-refractivity contribution in [2.24, 2.45) is 0 Å². The third-order valence-electron chi connectivity index (χ3n) is 2.61. The maximum atomic E-state index is 12.0. The van der Waals surface area contributed by atoms with Gasteiger partial charge >= 0.3 is 5.97 Å². The van der Waals surface area contributed by atoms with Gasteiger partial charge in [-0.1, -0.05) is 0 Å². The highest BCUT2D eigenvalue weighted by Gasteiger charge is 2.22. The molecule has 1 aliphatic heterocycles. The highest BCUT2D eigenvalue weighted by atomic mass is 32.2. The van der Waals surface area contributed by atoms with Gasteiger partial charge < -0.3 is 14.2 Å². The number of hydrogen-bond donors (Lipinski definition) is 0. The summed E-state index contributed by atoms with van der Waals surface area (Å²) in [6.07, 6.45) is 0.735. The van der Waals surface area contributed by atoms with E-state index in [4.69, 9.17) is 9.47 Å². The monoisotopic (exact) mass is 286 g/mol. The van der Waals surface area contributed by atoms with Gasteiger partial charge in [-0.25, -0.2) is 8.42 Å². The maximum absolute atomic E-state index is 12.0. The number of ether oxygens (including phenoxy) is 3. The van der Waals surface area contributed by atoms with Crippen molar-refractivity contribution in [1.82, 2.24) is 0 Å². The van der Waals surface area contributed by atoms with Gasteiger partial charge in [0.15, 0.2) is 27.1 Å². The topological polar surface area (TPSA) is 78.9 Å². The molecule has 0 bridgehead atoms. The van der Waals surface area contributed by atoms with Crippen molar-refractivity contribution in [2.45, 2.75) is 11.3 Å². The number of esters is 1. The number of hydrogen-bond acceptors (Lipinski definition) is 6. The van der Waals surface area contributed by atoms with E-state index < -0.39 is 21.6 Å². The first-order valence-corrected chi connectivity index (χ1v) is 7.37. The Balaban J connectivity index is 2.31. The van der Waals surface area contributed by atoms with Crippen LogP contribution in [0, 0.1) is 0 Å². The predicted octanol–water partition coefficient (Wildman–Crippen LogP) is 0.795. The van der Waals surface area contributed by atoms with Crippen molar-refractivity contribution < 1.29 is 27.4 Å². The van der Waals surface area contributed by atoms with Crippen LogP contribution in [0.3, 0.4) is 0 Å². The second kappa shape index (κ2) is 5.48. The smallest absolute Gasteiger partial charge is 0.321 e. The summed E-state index contributed by atoms with van der Waals surface area (Å²) in [6, 6.07) is 4.30. The third-order valence-corrected chi connectivity index (χ3v) is 4.20. The minimum Gasteiger partial charge on any atom is -0.490 e. The van der Waals surface area contributed by atoms with Crippen LogP contribution in [0.25, 0.3) is 0 Å². The summed E-state index contributed by atoms with van der Waals surface area (Å²) in [7, 11) is -2.58. The van der Waals surface area contributed by atoms with Gasteiger partial charge in [-0.05, 0) is 12.1 Å². The van der Waals surface area contributed by atoms with Crippen LogP contribution in [0.5, 0.6) is 11.5 Å². The molecule has 0 amide bonds. The number of carbonyl (C=O) groups excluding carboxylic acids is 1. The fraction of sp³-hybridized carbons (Fsp3) is 0.417. The first-order valence-electron chi connectivity index (χ1n) is 5.72. The summed E-state index contributed by atoms with van der Waals surface area (Å²) in [5.74, 6) is -0.603. The number of rotatable bonds is 3. The fourth-order valence-electron chi connectivity index (χ4n) is 1.63. The van der Waals surface area contributed by atoms with Crippen molar-refractivity contribution in [3.63, 3.8) is 0 Å². The number of methoxy groups -OCH3 is 1. The number of fused-ring (bicyclic) bond motifs is 1. The van der Waals surface area contributed by atoms with E-state index in [1.807, 2.05) is 0 Å². The molecule has 7 heteroatoms. The number of benzene rings is 1. The maximum Gasteiger partial charge on any atom is 0.321 e. The quantitative estimate of drug-likeness (QED) is 0.765. The van der Waals surface area contributed by atoms with Gasteiger partial charge in [-0.15, -0.1) is 0 Å². The molecule has 0 unspecified atom stereocenters. The summed E-state index contributed by atoms with van der Waals surface area (Å²) in [6.45, 7) is 0.995. The molecule has 6 nitrogen and oxygen atoms in total. The Bertz CT molecular complexity index is 578. The largest absolute Gasteiger partial charge is 0.490 e. The molecule has 0 radical (unpaired) electrons. The minimum absolute atomic E-state index is 0.0159. The fourth-order valence-corrected chi connectivity index (χ4v) is 2.79. The Morgan fingerprint density at radius 1 is 1.26 bits per heavy atom. The second-order valence-electron chi connectivity index (χ2n) is 3.99. The lowest BCUT2D eigenvalue weighted by Gasteiger charge is -2.09. The van der Waals surface area contributed by atoms with Crippen LogP contribution in [0.4, 0.5) is 0 Å². The zero-order valence-corrected chi connectivity index (χ0v) is 11.2. The molecule has 0 spiro atoms. The molecular weight excluding hydrogens is 272 g/mol. The van der Waals surface area contributed by atoms with Crippen molar-refractivity contribution in [3.8, 4) is 11.5 Å². The van der Waals surface area contributed by atoms with Gasteiger partial charge in [0, 0.05) is 12.5 Å². The zero-order valence-electron chi connectivity index (χ0n) is 10.4. The first kappa shape index (κ1) is 13.7. The van der Waals surface area contributed by atoms with Crippen molar-refractivity contribution in [3.05, 3.63) is 18.2 Å². The van der Waals surface area contributed by atoms with Crippen LogP contribution >= 0.6 is 0 Å². The van der Waals surface area contributed by atoms with Gasteiger partial charge in [-0.2, -0.15) is 0 Å². The van der Waals surface area contributed by atoms with E-state index >= 15 is 0 Å². The van der Waals surface area contributed by atoms with Gasteiger partial charge in [0.25, 0.3) is 0 Å². The molecule has 0 aliphatic carbocycles. The van der Waals surface area contributed by atoms with E-state index in [0.717, 1.165) is 13.5 Å². The van der Waals surface area contributed by atoms with Gasteiger partial charge in [0.1, 0.15) is 0 Å². The Morgan fingerprint density at radius 2 is 1.95 bits per heavy atom. The van der Waals surface area contributed by atoms with E-state index in [1.54, 1.807) is 0 Å². The Labute approximate surface area is 111 Å². The lowest BCUT2D eigenvalue weighted by molar-refractivity contribution is -0.137. The van der Waals surface area contributed by atoms with Gasteiger partial charge in [-0.3, -0.25) is 4.79 Å². The predicted molar refractivity (Wildman–Crippen MR) is 66.1 cm³/mol. The van der Waals surface area contributed by atoms with E-state index in [9.17, 15) is 13.2 Å².